The van der Waals surface area contributed by atoms with Gasteiger partial charge >= 0.3 is 0 Å². The molecular formula is C12H19NO. The first-order valence-corrected chi connectivity index (χ1v) is 5.19. The Morgan fingerprint density at radius 3 is 2.29 bits per heavy atom. The van der Waals surface area contributed by atoms with Crippen LogP contribution in [-0.4, -0.2) is 16.2 Å². The Kier molecular flexibility index (Phi) is 4.08. The van der Waals surface area contributed by atoms with Crippen molar-refractivity contribution in [2.75, 3.05) is 0 Å². The molecule has 1 aromatic rings. The molecule has 0 amide bonds. The molecule has 1 heterocycles. The lowest BCUT2D eigenvalue weighted by Gasteiger charge is -2.20. The van der Waals surface area contributed by atoms with Crippen LogP contribution in [0.1, 0.15) is 38.7 Å². The van der Waals surface area contributed by atoms with Crippen LogP contribution in [0, 0.1) is 5.92 Å². The summed E-state index contributed by atoms with van der Waals surface area (Å²) < 4.78 is 0. The minimum atomic E-state index is -0.252. The lowest BCUT2D eigenvalue weighted by atomic mass is 9.91. The van der Waals surface area contributed by atoms with Crippen molar-refractivity contribution >= 4 is 0 Å². The summed E-state index contributed by atoms with van der Waals surface area (Å²) >= 11 is 0. The second-order valence-electron chi connectivity index (χ2n) is 4.27. The van der Waals surface area contributed by atoms with Crippen LogP contribution in [0.25, 0.3) is 0 Å². The van der Waals surface area contributed by atoms with Gasteiger partial charge in [0.2, 0.25) is 0 Å². The molecule has 0 aliphatic rings. The lowest BCUT2D eigenvalue weighted by Crippen LogP contribution is -2.18. The molecule has 0 fully saturated rings. The third-order valence-electron chi connectivity index (χ3n) is 2.52. The van der Waals surface area contributed by atoms with Gasteiger partial charge in [-0.2, -0.15) is 0 Å². The van der Waals surface area contributed by atoms with Crippen LogP contribution in [0.4, 0.5) is 0 Å². The van der Waals surface area contributed by atoms with E-state index in [0.29, 0.717) is 5.92 Å². The normalized spacial score (nSPS) is 15.5. The Labute approximate surface area is 86.0 Å². The van der Waals surface area contributed by atoms with E-state index in [-0.39, 0.29) is 12.0 Å². The van der Waals surface area contributed by atoms with Gasteiger partial charge in [-0.1, -0.05) is 20.8 Å². The van der Waals surface area contributed by atoms with Crippen molar-refractivity contribution in [3.8, 4) is 0 Å². The molecular weight excluding hydrogens is 174 g/mol. The zero-order valence-corrected chi connectivity index (χ0v) is 9.14. The van der Waals surface area contributed by atoms with Gasteiger partial charge in [0.25, 0.3) is 0 Å². The molecule has 1 aromatic heterocycles. The standard InChI is InChI=1S/C12H19NO/c1-9(2)8-12(14)10(3)11-4-6-13-7-5-11/h4-7,9-10,12,14H,8H2,1-3H3. The highest BCUT2D eigenvalue weighted by Gasteiger charge is 2.16. The molecule has 0 bridgehead atoms. The Balaban J connectivity index is 2.61. The summed E-state index contributed by atoms with van der Waals surface area (Å²) in [5.74, 6) is 0.731. The molecule has 0 aliphatic carbocycles. The maximum absolute atomic E-state index is 9.92. The topological polar surface area (TPSA) is 33.1 Å². The first-order chi connectivity index (χ1) is 6.61. The summed E-state index contributed by atoms with van der Waals surface area (Å²) in [6.45, 7) is 6.31. The van der Waals surface area contributed by atoms with Crippen LogP contribution in [-0.2, 0) is 0 Å². The van der Waals surface area contributed by atoms with E-state index in [4.69, 9.17) is 0 Å². The Morgan fingerprint density at radius 2 is 1.79 bits per heavy atom. The largest absolute Gasteiger partial charge is 0.392 e. The number of aliphatic hydroxyl groups is 1. The fourth-order valence-electron chi connectivity index (χ4n) is 1.58. The van der Waals surface area contributed by atoms with E-state index in [2.05, 4.69) is 25.8 Å². The molecule has 0 aromatic carbocycles. The predicted molar refractivity (Wildman–Crippen MR) is 58.1 cm³/mol. The van der Waals surface area contributed by atoms with Crippen LogP contribution in [0.3, 0.4) is 0 Å². The third-order valence-corrected chi connectivity index (χ3v) is 2.52. The molecule has 0 saturated carbocycles. The first-order valence-electron chi connectivity index (χ1n) is 5.19. The van der Waals surface area contributed by atoms with Crippen LogP contribution in [0.15, 0.2) is 24.5 Å². The van der Waals surface area contributed by atoms with Gasteiger partial charge in [-0.3, -0.25) is 4.98 Å². The highest BCUT2D eigenvalue weighted by molar-refractivity contribution is 5.16. The van der Waals surface area contributed by atoms with Gasteiger partial charge in [-0.15, -0.1) is 0 Å². The maximum atomic E-state index is 9.92. The van der Waals surface area contributed by atoms with Crippen LogP contribution in [0.5, 0.6) is 0 Å². The monoisotopic (exact) mass is 193 g/mol. The summed E-state index contributed by atoms with van der Waals surface area (Å²) in [5, 5.41) is 9.92. The van der Waals surface area contributed by atoms with Crippen molar-refractivity contribution in [2.24, 2.45) is 5.92 Å². The van der Waals surface area contributed by atoms with Gasteiger partial charge in [0, 0.05) is 18.3 Å². The summed E-state index contributed by atoms with van der Waals surface area (Å²) in [4.78, 5) is 3.97. The molecule has 2 atom stereocenters. The zero-order chi connectivity index (χ0) is 10.6. The number of rotatable bonds is 4. The summed E-state index contributed by atoms with van der Waals surface area (Å²) in [6.07, 6.45) is 4.14. The maximum Gasteiger partial charge on any atom is 0.0608 e. The van der Waals surface area contributed by atoms with Gasteiger partial charge in [0.1, 0.15) is 0 Å². The number of hydrogen-bond donors (Lipinski definition) is 1. The molecule has 78 valence electrons. The average Bonchev–Trinajstić information content (AvgIpc) is 2.17. The first kappa shape index (κ1) is 11.2. The van der Waals surface area contributed by atoms with Crippen molar-refractivity contribution in [2.45, 2.75) is 39.2 Å². The van der Waals surface area contributed by atoms with Crippen LogP contribution in [0.2, 0.25) is 0 Å². The average molecular weight is 193 g/mol. The second-order valence-corrected chi connectivity index (χ2v) is 4.27. The number of pyridine rings is 1. The van der Waals surface area contributed by atoms with Gasteiger partial charge < -0.3 is 5.11 Å². The molecule has 0 saturated heterocycles. The molecule has 1 rings (SSSR count). The van der Waals surface area contributed by atoms with Crippen molar-refractivity contribution < 1.29 is 5.11 Å². The van der Waals surface area contributed by atoms with Gasteiger partial charge in [0.15, 0.2) is 0 Å². The molecule has 0 radical (unpaired) electrons. The van der Waals surface area contributed by atoms with Crippen molar-refractivity contribution in [3.05, 3.63) is 30.1 Å². The summed E-state index contributed by atoms with van der Waals surface area (Å²) in [7, 11) is 0. The Bertz CT molecular complexity index is 258. The molecule has 14 heavy (non-hydrogen) atoms. The summed E-state index contributed by atoms with van der Waals surface area (Å²) in [6, 6.07) is 3.93. The second kappa shape index (κ2) is 5.11. The van der Waals surface area contributed by atoms with Gasteiger partial charge in [-0.05, 0) is 30.0 Å². The van der Waals surface area contributed by atoms with Crippen molar-refractivity contribution in [1.29, 1.82) is 0 Å². The third kappa shape index (κ3) is 3.11. The minimum Gasteiger partial charge on any atom is -0.392 e. The fourth-order valence-corrected chi connectivity index (χ4v) is 1.58. The highest BCUT2D eigenvalue weighted by atomic mass is 16.3. The van der Waals surface area contributed by atoms with Gasteiger partial charge in [0.05, 0.1) is 6.10 Å². The molecule has 1 N–H and O–H groups in total. The number of aromatic nitrogens is 1. The quantitative estimate of drug-likeness (QED) is 0.797. The van der Waals surface area contributed by atoms with E-state index >= 15 is 0 Å². The van der Waals surface area contributed by atoms with E-state index in [1.54, 1.807) is 12.4 Å². The lowest BCUT2D eigenvalue weighted by molar-refractivity contribution is 0.125. The molecule has 2 nitrogen and oxygen atoms in total. The van der Waals surface area contributed by atoms with E-state index in [0.717, 1.165) is 12.0 Å². The van der Waals surface area contributed by atoms with E-state index in [9.17, 15) is 5.11 Å². The minimum absolute atomic E-state index is 0.195. The Hall–Kier alpha value is -0.890. The smallest absolute Gasteiger partial charge is 0.0608 e. The molecule has 0 spiro atoms. The van der Waals surface area contributed by atoms with Crippen LogP contribution < -0.4 is 0 Å². The highest BCUT2D eigenvalue weighted by Crippen LogP contribution is 2.22. The van der Waals surface area contributed by atoms with E-state index < -0.39 is 0 Å². The SMILES string of the molecule is CC(C)CC(O)C(C)c1ccncc1. The van der Waals surface area contributed by atoms with Crippen LogP contribution >= 0.6 is 0 Å². The molecule has 0 aliphatic heterocycles. The fraction of sp³-hybridized carbons (Fsp3) is 0.583. The predicted octanol–water partition coefficient (Wildman–Crippen LogP) is 2.59. The Morgan fingerprint density at radius 1 is 1.21 bits per heavy atom. The number of hydrogen-bond acceptors (Lipinski definition) is 2. The van der Waals surface area contributed by atoms with Gasteiger partial charge in [-0.25, -0.2) is 0 Å². The van der Waals surface area contributed by atoms with Crippen molar-refractivity contribution in [3.63, 3.8) is 0 Å². The van der Waals surface area contributed by atoms with E-state index in [1.807, 2.05) is 12.1 Å². The molecule has 2 unspecified atom stereocenters. The number of aliphatic hydroxyl groups excluding tert-OH is 1. The number of nitrogens with zero attached hydrogens (tertiary/aromatic N) is 1. The van der Waals surface area contributed by atoms with E-state index in [1.165, 1.54) is 0 Å². The summed E-state index contributed by atoms with van der Waals surface area (Å²) in [5.41, 5.74) is 1.16. The van der Waals surface area contributed by atoms with Crippen molar-refractivity contribution in [1.82, 2.24) is 4.98 Å². The molecule has 2 heteroatoms. The zero-order valence-electron chi connectivity index (χ0n) is 9.14.